The van der Waals surface area contributed by atoms with Gasteiger partial charge in [0.15, 0.2) is 0 Å². The maximum absolute atomic E-state index is 12.6. The quantitative estimate of drug-likeness (QED) is 0.861. The average Bonchev–Trinajstić information content (AvgIpc) is 3.18. The fourth-order valence-corrected chi connectivity index (χ4v) is 3.11. The Morgan fingerprint density at radius 1 is 1.38 bits per heavy atom. The summed E-state index contributed by atoms with van der Waals surface area (Å²) in [6.07, 6.45) is 4.50. The van der Waals surface area contributed by atoms with Gasteiger partial charge in [-0.25, -0.2) is 4.79 Å². The van der Waals surface area contributed by atoms with Crippen molar-refractivity contribution in [2.75, 3.05) is 0 Å². The molecule has 0 bridgehead atoms. The molecule has 0 radical (unpaired) electrons. The lowest BCUT2D eigenvalue weighted by Gasteiger charge is -2.26. The number of amides is 1. The smallest absolute Gasteiger partial charge is 0.411 e. The van der Waals surface area contributed by atoms with Gasteiger partial charge in [0.1, 0.15) is 11.4 Å². The summed E-state index contributed by atoms with van der Waals surface area (Å²) >= 11 is 0. The molecule has 6 heteroatoms. The first kappa shape index (κ1) is 16.6. The van der Waals surface area contributed by atoms with E-state index in [1.54, 1.807) is 11.2 Å². The topological polar surface area (TPSA) is 60.5 Å². The molecule has 1 aliphatic carbocycles. The normalized spacial score (nSPS) is 13.8. The minimum Gasteiger partial charge on any atom is -0.467 e. The number of aromatic nitrogens is 2. The second-order valence-corrected chi connectivity index (χ2v) is 7.26. The molecule has 0 saturated carbocycles. The van der Waals surface area contributed by atoms with Crippen LogP contribution >= 0.6 is 0 Å². The molecule has 0 spiro atoms. The van der Waals surface area contributed by atoms with Crippen LogP contribution < -0.4 is 0 Å². The monoisotopic (exact) mass is 331 g/mol. The number of hydrogen-bond acceptors (Lipinski definition) is 4. The fraction of sp³-hybridized carbons (Fsp3) is 0.556. The van der Waals surface area contributed by atoms with Crippen molar-refractivity contribution in [1.29, 1.82) is 0 Å². The van der Waals surface area contributed by atoms with Crippen LogP contribution in [0.4, 0.5) is 4.79 Å². The zero-order valence-electron chi connectivity index (χ0n) is 14.8. The van der Waals surface area contributed by atoms with Crippen molar-refractivity contribution in [3.05, 3.63) is 41.1 Å². The van der Waals surface area contributed by atoms with Gasteiger partial charge >= 0.3 is 6.09 Å². The van der Waals surface area contributed by atoms with Crippen molar-refractivity contribution < 1.29 is 13.9 Å². The van der Waals surface area contributed by atoms with Crippen molar-refractivity contribution in [2.45, 2.75) is 58.7 Å². The minimum absolute atomic E-state index is 0.351. The van der Waals surface area contributed by atoms with Crippen LogP contribution in [-0.2, 0) is 37.7 Å². The van der Waals surface area contributed by atoms with E-state index in [9.17, 15) is 4.79 Å². The van der Waals surface area contributed by atoms with Crippen LogP contribution in [0.3, 0.4) is 0 Å². The van der Waals surface area contributed by atoms with Gasteiger partial charge in [-0.1, -0.05) is 0 Å². The van der Waals surface area contributed by atoms with Gasteiger partial charge in [0.25, 0.3) is 0 Å². The van der Waals surface area contributed by atoms with Gasteiger partial charge in [-0.15, -0.1) is 0 Å². The third kappa shape index (κ3) is 3.63. The first-order valence-electron chi connectivity index (χ1n) is 8.37. The molecule has 2 aromatic rings. The predicted octanol–water partition coefficient (Wildman–Crippen LogP) is 3.44. The second-order valence-electron chi connectivity index (χ2n) is 7.26. The predicted molar refractivity (Wildman–Crippen MR) is 89.4 cm³/mol. The number of rotatable bonds is 4. The van der Waals surface area contributed by atoms with Crippen LogP contribution in [0.2, 0.25) is 0 Å². The molecule has 2 aromatic heterocycles. The van der Waals surface area contributed by atoms with E-state index in [1.165, 1.54) is 11.3 Å². The molecule has 0 fully saturated rings. The number of hydrogen-bond donors (Lipinski definition) is 0. The number of carbonyl (C=O) groups excluding carboxylic acids is 1. The lowest BCUT2D eigenvalue weighted by Crippen LogP contribution is -2.36. The Hall–Kier alpha value is -2.24. The van der Waals surface area contributed by atoms with Crippen LogP contribution in [0, 0.1) is 0 Å². The van der Waals surface area contributed by atoms with E-state index >= 15 is 0 Å². The van der Waals surface area contributed by atoms with E-state index in [1.807, 2.05) is 44.6 Å². The summed E-state index contributed by atoms with van der Waals surface area (Å²) in [5, 5.41) is 4.62. The fourth-order valence-electron chi connectivity index (χ4n) is 3.11. The van der Waals surface area contributed by atoms with Gasteiger partial charge in [-0.05, 0) is 57.7 Å². The molecule has 6 nitrogen and oxygen atoms in total. The Balaban J connectivity index is 1.82. The summed E-state index contributed by atoms with van der Waals surface area (Å²) < 4.78 is 12.9. The number of carbonyl (C=O) groups is 1. The molecule has 0 aromatic carbocycles. The van der Waals surface area contributed by atoms with E-state index in [0.717, 1.165) is 30.7 Å². The first-order valence-corrected chi connectivity index (χ1v) is 8.37. The third-order valence-electron chi connectivity index (χ3n) is 4.12. The highest BCUT2D eigenvalue weighted by molar-refractivity contribution is 5.68. The molecule has 0 saturated heterocycles. The summed E-state index contributed by atoms with van der Waals surface area (Å²) in [4.78, 5) is 14.3. The molecule has 0 N–H and O–H groups in total. The summed E-state index contributed by atoms with van der Waals surface area (Å²) in [7, 11) is 1.97. The van der Waals surface area contributed by atoms with Gasteiger partial charge in [0.05, 0.1) is 25.0 Å². The zero-order chi connectivity index (χ0) is 17.3. The van der Waals surface area contributed by atoms with E-state index < -0.39 is 5.60 Å². The second kappa shape index (κ2) is 6.34. The van der Waals surface area contributed by atoms with Gasteiger partial charge in [0.2, 0.25) is 0 Å². The molecule has 1 aliphatic rings. The van der Waals surface area contributed by atoms with Crippen LogP contribution in [0.25, 0.3) is 0 Å². The number of ether oxygens (including phenoxy) is 1. The van der Waals surface area contributed by atoms with Crippen molar-refractivity contribution in [2.24, 2.45) is 7.05 Å². The van der Waals surface area contributed by atoms with Gasteiger partial charge in [0, 0.05) is 12.7 Å². The Labute approximate surface area is 142 Å². The van der Waals surface area contributed by atoms with E-state index in [4.69, 9.17) is 9.15 Å². The molecule has 0 atom stereocenters. The largest absolute Gasteiger partial charge is 0.467 e. The molecule has 0 aliphatic heterocycles. The maximum atomic E-state index is 12.6. The molecule has 0 unspecified atom stereocenters. The number of furan rings is 1. The highest BCUT2D eigenvalue weighted by Crippen LogP contribution is 2.26. The van der Waals surface area contributed by atoms with Crippen LogP contribution in [-0.4, -0.2) is 26.4 Å². The Bertz CT molecular complexity index is 711. The van der Waals surface area contributed by atoms with Crippen LogP contribution in [0.5, 0.6) is 0 Å². The molecule has 1 amide bonds. The third-order valence-corrected chi connectivity index (χ3v) is 4.12. The highest BCUT2D eigenvalue weighted by Gasteiger charge is 2.27. The van der Waals surface area contributed by atoms with Crippen LogP contribution in [0.1, 0.15) is 49.9 Å². The van der Waals surface area contributed by atoms with Gasteiger partial charge in [-0.2, -0.15) is 5.10 Å². The summed E-state index contributed by atoms with van der Waals surface area (Å²) in [6, 6.07) is 3.68. The minimum atomic E-state index is -0.537. The van der Waals surface area contributed by atoms with Crippen molar-refractivity contribution >= 4 is 6.09 Å². The van der Waals surface area contributed by atoms with E-state index in [0.29, 0.717) is 13.1 Å². The summed E-state index contributed by atoms with van der Waals surface area (Å²) in [5.41, 5.74) is 2.99. The number of fused-ring (bicyclic) bond motifs is 1. The maximum Gasteiger partial charge on any atom is 0.411 e. The lowest BCUT2D eigenvalue weighted by molar-refractivity contribution is 0.0200. The van der Waals surface area contributed by atoms with Crippen LogP contribution in [0.15, 0.2) is 22.8 Å². The average molecular weight is 331 g/mol. The Morgan fingerprint density at radius 2 is 2.17 bits per heavy atom. The number of nitrogens with zero attached hydrogens (tertiary/aromatic N) is 3. The summed E-state index contributed by atoms with van der Waals surface area (Å²) in [5.74, 6) is 0.730. The van der Waals surface area contributed by atoms with Crippen molar-refractivity contribution in [3.8, 4) is 0 Å². The SMILES string of the molecule is Cn1nc(CN(Cc2ccco2)C(=O)OC(C)(C)C)c2c1CCC2. The molecular weight excluding hydrogens is 306 g/mol. The molecule has 130 valence electrons. The van der Waals surface area contributed by atoms with Gasteiger partial charge < -0.3 is 9.15 Å². The van der Waals surface area contributed by atoms with E-state index in [2.05, 4.69) is 5.10 Å². The highest BCUT2D eigenvalue weighted by atomic mass is 16.6. The van der Waals surface area contributed by atoms with Crippen molar-refractivity contribution in [3.63, 3.8) is 0 Å². The molecule has 3 rings (SSSR count). The lowest BCUT2D eigenvalue weighted by atomic mass is 10.2. The number of aryl methyl sites for hydroxylation is 1. The molecule has 24 heavy (non-hydrogen) atoms. The summed E-state index contributed by atoms with van der Waals surface area (Å²) in [6.45, 7) is 6.41. The Kier molecular flexibility index (Phi) is 4.39. The Morgan fingerprint density at radius 3 is 2.83 bits per heavy atom. The van der Waals surface area contributed by atoms with Gasteiger partial charge in [-0.3, -0.25) is 9.58 Å². The van der Waals surface area contributed by atoms with E-state index in [-0.39, 0.29) is 6.09 Å². The standard InChI is InChI=1S/C18H25N3O3/c1-18(2,3)24-17(22)21(11-13-7-6-10-23-13)12-15-14-8-5-9-16(14)20(4)19-15/h6-7,10H,5,8-9,11-12H2,1-4H3. The van der Waals surface area contributed by atoms with Crippen molar-refractivity contribution in [1.82, 2.24) is 14.7 Å². The molecular formula is C18H25N3O3. The first-order chi connectivity index (χ1) is 11.3. The zero-order valence-corrected chi connectivity index (χ0v) is 14.8. The molecule has 2 heterocycles.